The summed E-state index contributed by atoms with van der Waals surface area (Å²) in [4.78, 5) is 36.0. The maximum absolute atomic E-state index is 14.5. The topological polar surface area (TPSA) is 79.2 Å². The van der Waals surface area contributed by atoms with Crippen molar-refractivity contribution in [3.05, 3.63) is 92.1 Å². The molecule has 3 heterocycles. The van der Waals surface area contributed by atoms with Crippen molar-refractivity contribution in [1.29, 1.82) is 0 Å². The number of nitrogens with one attached hydrogen (secondary N) is 1. The average molecular weight is 466 g/mol. The molecular formula is C24H24F2N6O2. The van der Waals surface area contributed by atoms with E-state index >= 15 is 0 Å². The van der Waals surface area contributed by atoms with Crippen molar-refractivity contribution in [3.8, 4) is 0 Å². The number of rotatable bonds is 5. The largest absolute Gasteiger partial charge is 0.340 e. The number of H-pyrrole nitrogens is 1. The molecule has 0 bridgehead atoms. The Balaban J connectivity index is 1.48. The second-order valence-electron chi connectivity index (χ2n) is 8.43. The normalized spacial score (nSPS) is 14.7. The molecule has 0 radical (unpaired) electrons. The minimum Gasteiger partial charge on any atom is -0.340 e. The van der Waals surface area contributed by atoms with Crippen LogP contribution in [-0.2, 0) is 20.1 Å². The second-order valence-corrected chi connectivity index (χ2v) is 8.43. The van der Waals surface area contributed by atoms with Gasteiger partial charge in [-0.2, -0.15) is 4.98 Å². The molecule has 1 aliphatic rings. The summed E-state index contributed by atoms with van der Waals surface area (Å²) in [5, 5.41) is 0. The Bertz CT molecular complexity index is 1470. The van der Waals surface area contributed by atoms with E-state index in [0.717, 1.165) is 0 Å². The number of aryl methyl sites for hydroxylation is 1. The summed E-state index contributed by atoms with van der Waals surface area (Å²) in [5.41, 5.74) is 0.391. The molecule has 2 aromatic heterocycles. The molecule has 0 aliphatic carbocycles. The van der Waals surface area contributed by atoms with Gasteiger partial charge in [-0.05, 0) is 12.1 Å². The molecule has 4 aromatic rings. The van der Waals surface area contributed by atoms with Gasteiger partial charge < -0.3 is 4.90 Å². The van der Waals surface area contributed by atoms with E-state index in [9.17, 15) is 18.4 Å². The minimum absolute atomic E-state index is 0.0925. The predicted molar refractivity (Wildman–Crippen MR) is 125 cm³/mol. The Morgan fingerprint density at radius 2 is 1.47 bits per heavy atom. The van der Waals surface area contributed by atoms with E-state index in [2.05, 4.69) is 14.9 Å². The van der Waals surface area contributed by atoms with Crippen LogP contribution in [0.1, 0.15) is 11.1 Å². The number of benzene rings is 2. The van der Waals surface area contributed by atoms with Gasteiger partial charge in [0.25, 0.3) is 5.56 Å². The molecule has 1 N–H and O–H groups in total. The van der Waals surface area contributed by atoms with Gasteiger partial charge in [-0.25, -0.2) is 13.6 Å². The van der Waals surface area contributed by atoms with E-state index in [1.54, 1.807) is 34.9 Å². The summed E-state index contributed by atoms with van der Waals surface area (Å²) in [6, 6.07) is 13.1. The van der Waals surface area contributed by atoms with Crippen LogP contribution in [-0.4, -0.2) is 50.2 Å². The molecule has 0 atom stereocenters. The quantitative estimate of drug-likeness (QED) is 0.487. The number of aromatic amines is 1. The molecule has 10 heteroatoms. The molecule has 0 spiro atoms. The second kappa shape index (κ2) is 8.86. The van der Waals surface area contributed by atoms with Crippen LogP contribution in [0, 0.1) is 11.6 Å². The fourth-order valence-electron chi connectivity index (χ4n) is 4.38. The Morgan fingerprint density at radius 3 is 2.09 bits per heavy atom. The van der Waals surface area contributed by atoms with Crippen molar-refractivity contribution in [2.75, 3.05) is 31.1 Å². The van der Waals surface area contributed by atoms with Gasteiger partial charge in [-0.15, -0.1) is 0 Å². The first-order chi connectivity index (χ1) is 16.4. The number of anilines is 1. The number of nitrogens with zero attached hydrogens (tertiary/aromatic N) is 5. The maximum atomic E-state index is 14.5. The Labute approximate surface area is 193 Å². The number of fused-ring (bicyclic) bond motifs is 1. The average Bonchev–Trinajstić information content (AvgIpc) is 3.21. The molecule has 1 aliphatic heterocycles. The highest BCUT2D eigenvalue weighted by molar-refractivity contribution is 5.74. The molecule has 2 aromatic carbocycles. The van der Waals surface area contributed by atoms with E-state index < -0.39 is 11.2 Å². The predicted octanol–water partition coefficient (Wildman–Crippen LogP) is 2.07. The fourth-order valence-corrected chi connectivity index (χ4v) is 4.38. The summed E-state index contributed by atoms with van der Waals surface area (Å²) in [6.45, 7) is 3.08. The van der Waals surface area contributed by atoms with Crippen molar-refractivity contribution in [3.63, 3.8) is 0 Å². The van der Waals surface area contributed by atoms with Crippen molar-refractivity contribution in [2.24, 2.45) is 7.05 Å². The first-order valence-electron chi connectivity index (χ1n) is 11.1. The number of halogens is 2. The minimum atomic E-state index is -0.564. The zero-order chi connectivity index (χ0) is 23.8. The molecule has 176 valence electrons. The van der Waals surface area contributed by atoms with Gasteiger partial charge in [0, 0.05) is 50.9 Å². The highest BCUT2D eigenvalue weighted by atomic mass is 19.1. The van der Waals surface area contributed by atoms with Crippen molar-refractivity contribution in [2.45, 2.75) is 13.1 Å². The van der Waals surface area contributed by atoms with Crippen molar-refractivity contribution >= 4 is 17.1 Å². The van der Waals surface area contributed by atoms with Crippen LogP contribution in [0.25, 0.3) is 11.2 Å². The Morgan fingerprint density at radius 1 is 0.882 bits per heavy atom. The van der Waals surface area contributed by atoms with E-state index in [0.29, 0.717) is 49.8 Å². The van der Waals surface area contributed by atoms with E-state index in [4.69, 9.17) is 0 Å². The molecule has 1 saturated heterocycles. The molecule has 0 saturated carbocycles. The highest BCUT2D eigenvalue weighted by Crippen LogP contribution is 2.24. The Kier molecular flexibility index (Phi) is 5.74. The molecule has 0 amide bonds. The molecule has 0 unspecified atom stereocenters. The fraction of sp³-hybridized carbons (Fsp3) is 0.292. The van der Waals surface area contributed by atoms with Crippen LogP contribution in [0.15, 0.2) is 58.1 Å². The summed E-state index contributed by atoms with van der Waals surface area (Å²) >= 11 is 0. The van der Waals surface area contributed by atoms with Crippen LogP contribution in [0.3, 0.4) is 0 Å². The summed E-state index contributed by atoms with van der Waals surface area (Å²) in [7, 11) is 1.54. The van der Waals surface area contributed by atoms with E-state index in [1.807, 2.05) is 11.0 Å². The summed E-state index contributed by atoms with van der Waals surface area (Å²) in [5.74, 6) is -0.112. The monoisotopic (exact) mass is 466 g/mol. The molecule has 5 rings (SSSR count). The third-order valence-corrected chi connectivity index (χ3v) is 6.28. The van der Waals surface area contributed by atoms with Gasteiger partial charge >= 0.3 is 5.69 Å². The standard InChI is InChI=1S/C24H24F2N6O2/c1-29-21-20(22(33)28-24(29)34)32(15-17-7-3-5-9-19(17)26)23(27-21)31-12-10-30(11-13-31)14-16-6-2-4-8-18(16)25/h2-9H,10-15H2,1H3,(H,28,33,34). The Hall–Kier alpha value is -3.79. The van der Waals surface area contributed by atoms with Crippen LogP contribution in [0.4, 0.5) is 14.7 Å². The van der Waals surface area contributed by atoms with Gasteiger partial charge in [-0.1, -0.05) is 36.4 Å². The van der Waals surface area contributed by atoms with Gasteiger partial charge in [0.05, 0.1) is 6.54 Å². The van der Waals surface area contributed by atoms with Crippen LogP contribution in [0.5, 0.6) is 0 Å². The number of aromatic nitrogens is 4. The maximum Gasteiger partial charge on any atom is 0.329 e. The molecular weight excluding hydrogens is 442 g/mol. The third kappa shape index (κ3) is 4.01. The number of piperazine rings is 1. The zero-order valence-electron chi connectivity index (χ0n) is 18.7. The lowest BCUT2D eigenvalue weighted by Crippen LogP contribution is -2.47. The number of imidazole rings is 1. The van der Waals surface area contributed by atoms with Crippen molar-refractivity contribution in [1.82, 2.24) is 24.0 Å². The third-order valence-electron chi connectivity index (χ3n) is 6.28. The zero-order valence-corrected chi connectivity index (χ0v) is 18.7. The van der Waals surface area contributed by atoms with Gasteiger partial charge in [0.15, 0.2) is 11.2 Å². The van der Waals surface area contributed by atoms with E-state index in [1.165, 1.54) is 23.7 Å². The smallest absolute Gasteiger partial charge is 0.329 e. The van der Waals surface area contributed by atoms with Crippen molar-refractivity contribution < 1.29 is 8.78 Å². The lowest BCUT2D eigenvalue weighted by atomic mass is 10.2. The van der Waals surface area contributed by atoms with Crippen LogP contribution in [0.2, 0.25) is 0 Å². The highest BCUT2D eigenvalue weighted by Gasteiger charge is 2.25. The first-order valence-corrected chi connectivity index (χ1v) is 11.1. The summed E-state index contributed by atoms with van der Waals surface area (Å²) in [6.07, 6.45) is 0. The number of hydrogen-bond acceptors (Lipinski definition) is 5. The summed E-state index contributed by atoms with van der Waals surface area (Å²) < 4.78 is 31.5. The SMILES string of the molecule is Cn1c(=O)[nH]c(=O)c2c1nc(N1CCN(Cc3ccccc3F)CC1)n2Cc1ccccc1F. The van der Waals surface area contributed by atoms with Crippen LogP contribution < -0.4 is 16.1 Å². The lowest BCUT2D eigenvalue weighted by Gasteiger charge is -2.35. The first kappa shape index (κ1) is 22.0. The molecule has 34 heavy (non-hydrogen) atoms. The van der Waals surface area contributed by atoms with Gasteiger partial charge in [0.2, 0.25) is 5.95 Å². The van der Waals surface area contributed by atoms with Crippen LogP contribution >= 0.6 is 0 Å². The van der Waals surface area contributed by atoms with E-state index in [-0.39, 0.29) is 29.3 Å². The lowest BCUT2D eigenvalue weighted by molar-refractivity contribution is 0.245. The van der Waals surface area contributed by atoms with Gasteiger partial charge in [0.1, 0.15) is 11.6 Å². The molecule has 8 nitrogen and oxygen atoms in total. The van der Waals surface area contributed by atoms with Gasteiger partial charge in [-0.3, -0.25) is 23.8 Å². The number of hydrogen-bond donors (Lipinski definition) is 1. The molecule has 1 fully saturated rings.